The van der Waals surface area contributed by atoms with Crippen LogP contribution in [-0.2, 0) is 6.42 Å². The van der Waals surface area contributed by atoms with E-state index in [0.717, 1.165) is 11.3 Å². The molecule has 1 saturated heterocycles. The van der Waals surface area contributed by atoms with Gasteiger partial charge in [-0.2, -0.15) is 0 Å². The molecule has 2 heterocycles. The molecule has 3 nitrogen and oxygen atoms in total. The second-order valence-electron chi connectivity index (χ2n) is 5.96. The van der Waals surface area contributed by atoms with Gasteiger partial charge in [0, 0.05) is 29.9 Å². The maximum atomic E-state index is 12.7. The zero-order valence-corrected chi connectivity index (χ0v) is 13.9. The summed E-state index contributed by atoms with van der Waals surface area (Å²) >= 11 is 1.62. The van der Waals surface area contributed by atoms with Crippen molar-refractivity contribution in [2.75, 3.05) is 13.1 Å². The van der Waals surface area contributed by atoms with E-state index in [9.17, 15) is 4.79 Å². The fraction of sp³-hybridized carbons (Fsp3) is 0.389. The molecule has 4 heteroatoms. The number of likely N-dealkylation sites (tertiary alicyclic amines) is 1. The number of rotatable bonds is 3. The topological polar surface area (TPSA) is 46.3 Å². The van der Waals surface area contributed by atoms with Gasteiger partial charge in [-0.3, -0.25) is 4.79 Å². The molecule has 0 aliphatic carbocycles. The van der Waals surface area contributed by atoms with E-state index < -0.39 is 0 Å². The van der Waals surface area contributed by atoms with Gasteiger partial charge in [-0.25, -0.2) is 0 Å². The van der Waals surface area contributed by atoms with E-state index in [1.165, 1.54) is 16.0 Å². The highest BCUT2D eigenvalue weighted by atomic mass is 32.1. The lowest BCUT2D eigenvalue weighted by molar-refractivity contribution is 0.0794. The highest BCUT2D eigenvalue weighted by molar-refractivity contribution is 7.14. The van der Waals surface area contributed by atoms with E-state index in [0.29, 0.717) is 13.1 Å². The normalized spacial score (nSPS) is 21.3. The van der Waals surface area contributed by atoms with Crippen molar-refractivity contribution >= 4 is 17.2 Å². The average Bonchev–Trinajstić information content (AvgIpc) is 3.10. The third-order valence-electron chi connectivity index (χ3n) is 4.43. The van der Waals surface area contributed by atoms with Gasteiger partial charge in [0.05, 0.1) is 4.88 Å². The van der Waals surface area contributed by atoms with Crippen molar-refractivity contribution in [2.24, 2.45) is 5.73 Å². The first kappa shape index (κ1) is 15.3. The molecular formula is C18H22N2OS. The molecule has 0 spiro atoms. The number of nitrogens with two attached hydrogens (primary N) is 1. The number of carbonyl (C=O) groups is 1. The summed E-state index contributed by atoms with van der Waals surface area (Å²) in [5.41, 5.74) is 8.73. The van der Waals surface area contributed by atoms with Crippen molar-refractivity contribution in [3.05, 3.63) is 57.3 Å². The molecule has 2 atom stereocenters. The standard InChI is InChI=1S/C18H22N2OS/c1-3-16-12(2)9-17(22-16)18(21)20-10-14(15(19)11-20)13-7-5-4-6-8-13/h4-9,14-15H,3,10-11,19H2,1-2H3/t14-,15+/m0/s1. The van der Waals surface area contributed by atoms with E-state index >= 15 is 0 Å². The Morgan fingerprint density at radius 1 is 1.32 bits per heavy atom. The van der Waals surface area contributed by atoms with Crippen LogP contribution in [-0.4, -0.2) is 29.9 Å². The summed E-state index contributed by atoms with van der Waals surface area (Å²) in [6.07, 6.45) is 0.982. The Balaban J connectivity index is 1.77. The molecule has 1 aliphatic heterocycles. The van der Waals surface area contributed by atoms with Crippen molar-refractivity contribution in [1.82, 2.24) is 4.90 Å². The van der Waals surface area contributed by atoms with Crippen LogP contribution >= 0.6 is 11.3 Å². The van der Waals surface area contributed by atoms with Gasteiger partial charge < -0.3 is 10.6 Å². The van der Waals surface area contributed by atoms with E-state index in [-0.39, 0.29) is 17.9 Å². The van der Waals surface area contributed by atoms with E-state index in [4.69, 9.17) is 5.73 Å². The summed E-state index contributed by atoms with van der Waals surface area (Å²) in [6, 6.07) is 12.3. The first-order chi connectivity index (χ1) is 10.6. The van der Waals surface area contributed by atoms with Crippen molar-refractivity contribution in [3.8, 4) is 0 Å². The summed E-state index contributed by atoms with van der Waals surface area (Å²) in [6.45, 7) is 5.55. The highest BCUT2D eigenvalue weighted by Crippen LogP contribution is 2.30. The fourth-order valence-electron chi connectivity index (χ4n) is 3.18. The van der Waals surface area contributed by atoms with Crippen molar-refractivity contribution in [3.63, 3.8) is 0 Å². The number of thiophene rings is 1. The van der Waals surface area contributed by atoms with Crippen LogP contribution in [0.2, 0.25) is 0 Å². The van der Waals surface area contributed by atoms with Crippen LogP contribution in [0.1, 0.15) is 38.5 Å². The molecule has 0 unspecified atom stereocenters. The van der Waals surface area contributed by atoms with Crippen molar-refractivity contribution in [2.45, 2.75) is 32.2 Å². The van der Waals surface area contributed by atoms with Crippen LogP contribution in [0.3, 0.4) is 0 Å². The quantitative estimate of drug-likeness (QED) is 0.946. The van der Waals surface area contributed by atoms with Gasteiger partial charge in [0.25, 0.3) is 5.91 Å². The molecular weight excluding hydrogens is 292 g/mol. The third kappa shape index (κ3) is 2.81. The molecule has 1 amide bonds. The minimum absolute atomic E-state index is 0.0121. The lowest BCUT2D eigenvalue weighted by atomic mass is 9.95. The average molecular weight is 314 g/mol. The first-order valence-corrected chi connectivity index (χ1v) is 8.61. The van der Waals surface area contributed by atoms with Crippen LogP contribution in [0.4, 0.5) is 0 Å². The van der Waals surface area contributed by atoms with Crippen molar-refractivity contribution in [1.29, 1.82) is 0 Å². The van der Waals surface area contributed by atoms with E-state index in [1.807, 2.05) is 29.2 Å². The van der Waals surface area contributed by atoms with E-state index in [2.05, 4.69) is 26.0 Å². The van der Waals surface area contributed by atoms with Gasteiger partial charge >= 0.3 is 0 Å². The number of hydrogen-bond donors (Lipinski definition) is 1. The van der Waals surface area contributed by atoms with Gasteiger partial charge in [-0.1, -0.05) is 37.3 Å². The molecule has 0 saturated carbocycles. The number of amides is 1. The summed E-state index contributed by atoms with van der Waals surface area (Å²) in [4.78, 5) is 16.8. The Bertz CT molecular complexity index is 665. The predicted molar refractivity (Wildman–Crippen MR) is 91.5 cm³/mol. The Morgan fingerprint density at radius 3 is 2.68 bits per heavy atom. The molecule has 1 aliphatic rings. The molecule has 2 N–H and O–H groups in total. The predicted octanol–water partition coefficient (Wildman–Crippen LogP) is 3.19. The van der Waals surface area contributed by atoms with Gasteiger partial charge in [-0.15, -0.1) is 11.3 Å². The highest BCUT2D eigenvalue weighted by Gasteiger charge is 2.34. The molecule has 0 bridgehead atoms. The zero-order valence-electron chi connectivity index (χ0n) is 13.1. The Morgan fingerprint density at radius 2 is 2.05 bits per heavy atom. The van der Waals surface area contributed by atoms with Gasteiger partial charge in [0.2, 0.25) is 0 Å². The zero-order chi connectivity index (χ0) is 15.7. The van der Waals surface area contributed by atoms with Crippen LogP contribution in [0.5, 0.6) is 0 Å². The number of hydrogen-bond acceptors (Lipinski definition) is 3. The number of nitrogens with zero attached hydrogens (tertiary/aromatic N) is 1. The summed E-state index contributed by atoms with van der Waals surface area (Å²) in [5, 5.41) is 0. The van der Waals surface area contributed by atoms with Crippen LogP contribution in [0.15, 0.2) is 36.4 Å². The first-order valence-electron chi connectivity index (χ1n) is 7.79. The molecule has 22 heavy (non-hydrogen) atoms. The monoisotopic (exact) mass is 314 g/mol. The second kappa shape index (κ2) is 6.23. The smallest absolute Gasteiger partial charge is 0.264 e. The Kier molecular flexibility index (Phi) is 4.32. The molecule has 1 aromatic heterocycles. The molecule has 1 fully saturated rings. The maximum Gasteiger partial charge on any atom is 0.264 e. The van der Waals surface area contributed by atoms with Crippen LogP contribution < -0.4 is 5.73 Å². The Hall–Kier alpha value is -1.65. The summed E-state index contributed by atoms with van der Waals surface area (Å²) < 4.78 is 0. The minimum atomic E-state index is 0.0121. The third-order valence-corrected chi connectivity index (χ3v) is 5.80. The fourth-order valence-corrected chi connectivity index (χ4v) is 4.26. The lowest BCUT2D eigenvalue weighted by Gasteiger charge is -2.15. The van der Waals surface area contributed by atoms with Gasteiger partial charge in [-0.05, 0) is 30.5 Å². The largest absolute Gasteiger partial charge is 0.336 e. The summed E-state index contributed by atoms with van der Waals surface area (Å²) in [5.74, 6) is 0.360. The molecule has 0 radical (unpaired) electrons. The van der Waals surface area contributed by atoms with E-state index in [1.54, 1.807) is 11.3 Å². The Labute approximate surface area is 135 Å². The molecule has 116 valence electrons. The van der Waals surface area contributed by atoms with Gasteiger partial charge in [0.15, 0.2) is 0 Å². The van der Waals surface area contributed by atoms with Crippen LogP contribution in [0.25, 0.3) is 0 Å². The maximum absolute atomic E-state index is 12.7. The molecule has 3 rings (SSSR count). The SMILES string of the molecule is CCc1sc(C(=O)N2C[C@@H](N)[C@H](c3ccccc3)C2)cc1C. The number of benzene rings is 1. The second-order valence-corrected chi connectivity index (χ2v) is 7.10. The lowest BCUT2D eigenvalue weighted by Crippen LogP contribution is -2.31. The molecule has 2 aromatic rings. The van der Waals surface area contributed by atoms with Crippen LogP contribution in [0, 0.1) is 6.92 Å². The molecule has 1 aromatic carbocycles. The van der Waals surface area contributed by atoms with Crippen molar-refractivity contribution < 1.29 is 4.79 Å². The number of carbonyl (C=O) groups excluding carboxylic acids is 1. The summed E-state index contributed by atoms with van der Waals surface area (Å²) in [7, 11) is 0. The van der Waals surface area contributed by atoms with Gasteiger partial charge in [0.1, 0.15) is 0 Å². The number of aryl methyl sites for hydroxylation is 2. The minimum Gasteiger partial charge on any atom is -0.336 e.